The van der Waals surface area contributed by atoms with Crippen molar-refractivity contribution in [2.75, 3.05) is 13.6 Å². The summed E-state index contributed by atoms with van der Waals surface area (Å²) >= 11 is 0. The van der Waals surface area contributed by atoms with Gasteiger partial charge in [-0.25, -0.2) is 0 Å². The average molecular weight is 352 g/mol. The molecular weight excluding hydrogens is 324 g/mol. The Morgan fingerprint density at radius 1 is 1.28 bits per heavy atom. The number of hydrogen-bond acceptors (Lipinski definition) is 7. The van der Waals surface area contributed by atoms with Crippen molar-refractivity contribution in [2.24, 2.45) is 17.8 Å². The molecule has 0 aromatic heterocycles. The molecule has 3 heterocycles. The quantitative estimate of drug-likeness (QED) is 0.450. The second-order valence-electron chi connectivity index (χ2n) is 7.79. The molecule has 0 amide bonds. The van der Waals surface area contributed by atoms with Gasteiger partial charge in [0.05, 0.1) is 36.3 Å². The van der Waals surface area contributed by atoms with Crippen LogP contribution in [0.5, 0.6) is 0 Å². The Morgan fingerprint density at radius 2 is 2.04 bits per heavy atom. The first-order valence-electron chi connectivity index (χ1n) is 9.43. The molecule has 4 rings (SSSR count). The van der Waals surface area contributed by atoms with Crippen LogP contribution in [0.2, 0.25) is 0 Å². The molecule has 25 heavy (non-hydrogen) atoms. The van der Waals surface area contributed by atoms with Crippen LogP contribution in [-0.4, -0.2) is 61.2 Å². The van der Waals surface area contributed by atoms with Gasteiger partial charge >= 0.3 is 5.97 Å². The molecule has 7 atom stereocenters. The van der Waals surface area contributed by atoms with Crippen molar-refractivity contribution in [3.8, 4) is 0 Å². The maximum Gasteiger partial charge on any atom is 0.309 e. The van der Waals surface area contributed by atoms with Gasteiger partial charge in [0.25, 0.3) is 0 Å². The molecule has 140 valence electrons. The van der Waals surface area contributed by atoms with E-state index in [1.165, 1.54) is 25.7 Å². The lowest BCUT2D eigenvalue weighted by molar-refractivity contribution is -0.176. The summed E-state index contributed by atoms with van der Waals surface area (Å²) in [7, 11) is 1.72. The van der Waals surface area contributed by atoms with Crippen LogP contribution in [-0.2, 0) is 14.3 Å². The van der Waals surface area contributed by atoms with Crippen molar-refractivity contribution in [3.05, 3.63) is 0 Å². The molecule has 8 heteroatoms. The Kier molecular flexibility index (Phi) is 4.81. The summed E-state index contributed by atoms with van der Waals surface area (Å²) in [6, 6.07) is -0.338. The van der Waals surface area contributed by atoms with Gasteiger partial charge in [-0.15, -0.1) is 0 Å². The van der Waals surface area contributed by atoms with E-state index in [1.807, 2.05) is 0 Å². The molecule has 8 nitrogen and oxygen atoms in total. The molecule has 0 spiro atoms. The first-order valence-corrected chi connectivity index (χ1v) is 9.43. The number of ketones is 1. The highest BCUT2D eigenvalue weighted by Crippen LogP contribution is 2.34. The molecule has 0 aromatic carbocycles. The van der Waals surface area contributed by atoms with E-state index < -0.39 is 24.0 Å². The predicted octanol–water partition coefficient (Wildman–Crippen LogP) is -0.786. The van der Waals surface area contributed by atoms with Gasteiger partial charge in [0.2, 0.25) is 0 Å². The van der Waals surface area contributed by atoms with Gasteiger partial charge in [0.15, 0.2) is 5.78 Å². The lowest BCUT2D eigenvalue weighted by Gasteiger charge is -2.50. The average Bonchev–Trinajstić information content (AvgIpc) is 3.15. The third-order valence-corrected chi connectivity index (χ3v) is 6.38. The van der Waals surface area contributed by atoms with Crippen molar-refractivity contribution in [3.63, 3.8) is 0 Å². The second-order valence-corrected chi connectivity index (χ2v) is 7.79. The van der Waals surface area contributed by atoms with Gasteiger partial charge in [-0.05, 0) is 32.2 Å². The van der Waals surface area contributed by atoms with Crippen LogP contribution < -0.4 is 21.3 Å². The highest BCUT2D eigenvalue weighted by molar-refractivity contribution is 5.89. The van der Waals surface area contributed by atoms with Crippen LogP contribution in [0.4, 0.5) is 0 Å². The summed E-state index contributed by atoms with van der Waals surface area (Å²) in [5.74, 6) is -1.28. The summed E-state index contributed by atoms with van der Waals surface area (Å²) in [4.78, 5) is 24.6. The van der Waals surface area contributed by atoms with Crippen LogP contribution in [0.1, 0.15) is 32.1 Å². The van der Waals surface area contributed by atoms with Gasteiger partial charge in [0.1, 0.15) is 6.23 Å². The Labute approximate surface area is 147 Å². The van der Waals surface area contributed by atoms with E-state index in [1.54, 1.807) is 7.05 Å². The molecule has 5 N–H and O–H groups in total. The summed E-state index contributed by atoms with van der Waals surface area (Å²) < 4.78 is 6.15. The number of carbonyl (C=O) groups is 2. The van der Waals surface area contributed by atoms with Crippen LogP contribution in [0.15, 0.2) is 0 Å². The van der Waals surface area contributed by atoms with E-state index in [9.17, 15) is 14.7 Å². The van der Waals surface area contributed by atoms with E-state index in [4.69, 9.17) is 4.74 Å². The molecule has 4 fully saturated rings. The van der Waals surface area contributed by atoms with Crippen molar-refractivity contribution >= 4 is 11.8 Å². The number of carbonyl (C=O) groups excluding carboxylic acids is 1. The van der Waals surface area contributed by atoms with Crippen LogP contribution in [0.25, 0.3) is 0 Å². The molecule has 3 saturated heterocycles. The van der Waals surface area contributed by atoms with Gasteiger partial charge < -0.3 is 15.2 Å². The summed E-state index contributed by atoms with van der Waals surface area (Å²) in [5, 5.41) is 22.6. The zero-order valence-electron chi connectivity index (χ0n) is 14.5. The molecule has 7 unspecified atom stereocenters. The Hall–Kier alpha value is -1.06. The van der Waals surface area contributed by atoms with Crippen molar-refractivity contribution in [2.45, 2.75) is 62.8 Å². The highest BCUT2D eigenvalue weighted by Gasteiger charge is 2.52. The smallest absolute Gasteiger partial charge is 0.309 e. The largest absolute Gasteiger partial charge is 0.481 e. The number of nitrogens with one attached hydrogen (secondary N) is 4. The van der Waals surface area contributed by atoms with E-state index in [0.717, 1.165) is 0 Å². The molecule has 1 aliphatic carbocycles. The van der Waals surface area contributed by atoms with E-state index in [-0.39, 0.29) is 30.3 Å². The number of carboxylic acids is 1. The van der Waals surface area contributed by atoms with Gasteiger partial charge in [-0.1, -0.05) is 12.8 Å². The number of fused-ring (bicyclic) bond motifs is 2. The van der Waals surface area contributed by atoms with Crippen molar-refractivity contribution in [1.82, 2.24) is 21.3 Å². The number of hydrogen-bond donors (Lipinski definition) is 5. The fraction of sp³-hybridized carbons (Fsp3) is 0.882. The van der Waals surface area contributed by atoms with E-state index in [0.29, 0.717) is 18.9 Å². The standard InChI is InChI=1S/C17H28N4O4/c1-18-15-10(17(23)24)6-9-13(22)12-11(25-16(9)21-15)7-19-14(20-12)8-4-2-3-5-8/h8-12,14-16,18-21H,2-7H2,1H3,(H,23,24). The minimum atomic E-state index is -0.887. The third kappa shape index (κ3) is 3.10. The normalized spacial score (nSPS) is 45.0. The number of Topliss-reactive ketones (excluding diaryl/α,β-unsaturated/α-hetero) is 1. The molecule has 4 aliphatic rings. The zero-order valence-corrected chi connectivity index (χ0v) is 14.5. The Bertz CT molecular complexity index is 539. The van der Waals surface area contributed by atoms with Crippen LogP contribution in [0.3, 0.4) is 0 Å². The topological polar surface area (TPSA) is 112 Å². The van der Waals surface area contributed by atoms with E-state index >= 15 is 0 Å². The predicted molar refractivity (Wildman–Crippen MR) is 89.6 cm³/mol. The molecule has 3 aliphatic heterocycles. The van der Waals surface area contributed by atoms with E-state index in [2.05, 4.69) is 21.3 Å². The monoisotopic (exact) mass is 352 g/mol. The summed E-state index contributed by atoms with van der Waals surface area (Å²) in [6.07, 6.45) is 4.33. The Balaban J connectivity index is 1.48. The molecule has 0 radical (unpaired) electrons. The Morgan fingerprint density at radius 3 is 2.72 bits per heavy atom. The van der Waals surface area contributed by atoms with Crippen LogP contribution >= 0.6 is 0 Å². The zero-order chi connectivity index (χ0) is 17.6. The first kappa shape index (κ1) is 17.4. The van der Waals surface area contributed by atoms with Gasteiger partial charge in [0, 0.05) is 6.54 Å². The maximum absolute atomic E-state index is 13.1. The SMILES string of the molecule is CNC1NC2OC3CNC(C4CCCC4)NC3C(=O)C2CC1C(=O)O. The van der Waals surface area contributed by atoms with Crippen LogP contribution in [0, 0.1) is 17.8 Å². The number of ether oxygens (including phenoxy) is 1. The summed E-state index contributed by atoms with van der Waals surface area (Å²) in [6.45, 7) is 0.655. The molecule has 1 saturated carbocycles. The second kappa shape index (κ2) is 6.92. The number of carboxylic acid groups (broad SMARTS) is 1. The molecular formula is C17H28N4O4. The molecule has 0 aromatic rings. The first-order chi connectivity index (χ1) is 12.1. The minimum Gasteiger partial charge on any atom is -0.481 e. The number of aliphatic carboxylic acids is 1. The molecule has 0 bridgehead atoms. The van der Waals surface area contributed by atoms with Gasteiger partial charge in [-0.2, -0.15) is 0 Å². The van der Waals surface area contributed by atoms with Crippen molar-refractivity contribution in [1.29, 1.82) is 0 Å². The minimum absolute atomic E-state index is 0.0963. The number of piperidine rings is 1. The highest BCUT2D eigenvalue weighted by atomic mass is 16.5. The lowest BCUT2D eigenvalue weighted by Crippen LogP contribution is -2.74. The maximum atomic E-state index is 13.1. The summed E-state index contributed by atoms with van der Waals surface area (Å²) in [5.41, 5.74) is 0. The van der Waals surface area contributed by atoms with Crippen molar-refractivity contribution < 1.29 is 19.4 Å². The third-order valence-electron chi connectivity index (χ3n) is 6.38. The fourth-order valence-corrected chi connectivity index (χ4v) is 5.00. The number of rotatable bonds is 3. The van der Waals surface area contributed by atoms with Gasteiger partial charge in [-0.3, -0.25) is 25.5 Å². The lowest BCUT2D eigenvalue weighted by atomic mass is 9.78. The fourth-order valence-electron chi connectivity index (χ4n) is 5.00.